The summed E-state index contributed by atoms with van der Waals surface area (Å²) in [6, 6.07) is 9.97. The average molecular weight is 361 g/mol. The molecule has 0 saturated carbocycles. The molecule has 3 aromatic rings. The number of nitrogens with one attached hydrogen (secondary N) is 2. The molecule has 3 rings (SSSR count). The van der Waals surface area contributed by atoms with Crippen molar-refractivity contribution in [3.63, 3.8) is 0 Å². The molecule has 0 aliphatic heterocycles. The van der Waals surface area contributed by atoms with E-state index in [1.54, 1.807) is 15.9 Å². The molecule has 0 unspecified atom stereocenters. The van der Waals surface area contributed by atoms with Crippen LogP contribution in [0.1, 0.15) is 25.5 Å². The number of benzene rings is 1. The van der Waals surface area contributed by atoms with Gasteiger partial charge in [0.25, 0.3) is 0 Å². The zero-order valence-corrected chi connectivity index (χ0v) is 15.0. The van der Waals surface area contributed by atoms with Crippen LogP contribution in [0.15, 0.2) is 45.7 Å². The number of thiazole rings is 1. The second-order valence-electron chi connectivity index (χ2n) is 5.24. The lowest BCUT2D eigenvalue weighted by atomic mass is 10.3. The molecule has 6 nitrogen and oxygen atoms in total. The van der Waals surface area contributed by atoms with Crippen LogP contribution in [-0.2, 0) is 12.3 Å². The Kier molecular flexibility index (Phi) is 5.71. The summed E-state index contributed by atoms with van der Waals surface area (Å²) in [6.45, 7) is 2.81. The van der Waals surface area contributed by atoms with Gasteiger partial charge in [0.05, 0.1) is 5.69 Å². The van der Waals surface area contributed by atoms with Gasteiger partial charge in [-0.05, 0) is 18.6 Å². The average Bonchev–Trinajstić information content (AvgIpc) is 3.18. The number of anilines is 2. The number of thioether (sulfide) groups is 1. The first-order chi connectivity index (χ1) is 11.8. The van der Waals surface area contributed by atoms with Gasteiger partial charge in [0, 0.05) is 23.4 Å². The van der Waals surface area contributed by atoms with Gasteiger partial charge in [-0.1, -0.05) is 43.3 Å². The quantitative estimate of drug-likeness (QED) is 0.596. The first kappa shape index (κ1) is 16.8. The topological polar surface area (TPSA) is 75.6 Å². The maximum absolute atomic E-state index is 11.8. The third kappa shape index (κ3) is 4.27. The van der Waals surface area contributed by atoms with E-state index in [2.05, 4.69) is 27.4 Å². The number of rotatable bonds is 8. The van der Waals surface area contributed by atoms with Crippen molar-refractivity contribution in [2.45, 2.75) is 37.2 Å². The van der Waals surface area contributed by atoms with Gasteiger partial charge in [0.2, 0.25) is 0 Å². The predicted octanol–water partition coefficient (Wildman–Crippen LogP) is 3.86. The first-order valence-electron chi connectivity index (χ1n) is 7.80. The van der Waals surface area contributed by atoms with Crippen molar-refractivity contribution in [1.29, 1.82) is 0 Å². The van der Waals surface area contributed by atoms with Crippen LogP contribution in [-0.4, -0.2) is 19.7 Å². The molecule has 2 aromatic heterocycles. The Morgan fingerprint density at radius 2 is 2.17 bits per heavy atom. The molecule has 24 heavy (non-hydrogen) atoms. The van der Waals surface area contributed by atoms with Crippen molar-refractivity contribution < 1.29 is 0 Å². The van der Waals surface area contributed by atoms with Gasteiger partial charge >= 0.3 is 5.69 Å². The molecule has 0 radical (unpaired) electrons. The van der Waals surface area contributed by atoms with Crippen LogP contribution in [0, 0.1) is 0 Å². The highest BCUT2D eigenvalue weighted by molar-refractivity contribution is 7.98. The van der Waals surface area contributed by atoms with Crippen molar-refractivity contribution in [2.75, 3.05) is 5.32 Å². The second kappa shape index (κ2) is 8.16. The van der Waals surface area contributed by atoms with Gasteiger partial charge in [-0.15, -0.1) is 16.4 Å². The van der Waals surface area contributed by atoms with Crippen LogP contribution in [0.2, 0.25) is 0 Å². The van der Waals surface area contributed by atoms with E-state index in [0.29, 0.717) is 12.3 Å². The van der Waals surface area contributed by atoms with Crippen LogP contribution >= 0.6 is 23.1 Å². The number of nitrogens with zero attached hydrogens (tertiary/aromatic N) is 3. The van der Waals surface area contributed by atoms with Crippen LogP contribution < -0.4 is 11.0 Å². The van der Waals surface area contributed by atoms with Crippen molar-refractivity contribution in [1.82, 2.24) is 19.7 Å². The second-order valence-corrected chi connectivity index (χ2v) is 7.04. The van der Waals surface area contributed by atoms with E-state index in [9.17, 15) is 4.79 Å². The Bertz CT molecular complexity index is 824. The molecule has 0 spiro atoms. The fourth-order valence-electron chi connectivity index (χ4n) is 2.14. The molecule has 8 heteroatoms. The summed E-state index contributed by atoms with van der Waals surface area (Å²) in [6.07, 6.45) is 2.01. The lowest BCUT2D eigenvalue weighted by molar-refractivity contribution is 0.573. The van der Waals surface area contributed by atoms with Crippen molar-refractivity contribution in [3.05, 3.63) is 51.9 Å². The Morgan fingerprint density at radius 1 is 1.33 bits per heavy atom. The van der Waals surface area contributed by atoms with Crippen LogP contribution in [0.4, 0.5) is 10.8 Å². The van der Waals surface area contributed by atoms with Gasteiger partial charge in [-0.2, -0.15) is 0 Å². The highest BCUT2D eigenvalue weighted by Gasteiger charge is 2.10. The van der Waals surface area contributed by atoms with Crippen molar-refractivity contribution in [2.24, 2.45) is 0 Å². The molecule has 126 valence electrons. The number of hydrogen-bond acceptors (Lipinski definition) is 6. The molecular weight excluding hydrogens is 342 g/mol. The highest BCUT2D eigenvalue weighted by Crippen LogP contribution is 2.25. The fourth-order valence-corrected chi connectivity index (χ4v) is 3.84. The van der Waals surface area contributed by atoms with Crippen LogP contribution in [0.25, 0.3) is 0 Å². The Balaban J connectivity index is 1.61. The van der Waals surface area contributed by atoms with E-state index >= 15 is 0 Å². The summed E-state index contributed by atoms with van der Waals surface area (Å²) >= 11 is 3.10. The number of aromatic amines is 1. The molecule has 0 amide bonds. The SMILES string of the molecule is CCCCn1c(SCc2csc(Nc3ccccc3)n2)n[nH]c1=O. The number of unbranched alkanes of at least 4 members (excludes halogenated alkanes) is 1. The summed E-state index contributed by atoms with van der Waals surface area (Å²) in [4.78, 5) is 16.4. The molecule has 0 bridgehead atoms. The minimum atomic E-state index is -0.143. The lowest BCUT2D eigenvalue weighted by Gasteiger charge is -2.03. The lowest BCUT2D eigenvalue weighted by Crippen LogP contribution is -2.17. The van der Waals surface area contributed by atoms with Crippen molar-refractivity contribution >= 4 is 33.9 Å². The zero-order chi connectivity index (χ0) is 16.8. The molecule has 0 atom stereocenters. The van der Waals surface area contributed by atoms with E-state index < -0.39 is 0 Å². The molecule has 1 aromatic carbocycles. The smallest absolute Gasteiger partial charge is 0.332 e. The van der Waals surface area contributed by atoms with E-state index in [-0.39, 0.29) is 5.69 Å². The van der Waals surface area contributed by atoms with Crippen LogP contribution in [0.3, 0.4) is 0 Å². The highest BCUT2D eigenvalue weighted by atomic mass is 32.2. The third-order valence-electron chi connectivity index (χ3n) is 3.38. The van der Waals surface area contributed by atoms with Gasteiger partial charge < -0.3 is 5.32 Å². The summed E-state index contributed by atoms with van der Waals surface area (Å²) < 4.78 is 1.70. The Labute approximate surface area is 148 Å². The number of H-pyrrole nitrogens is 1. The molecule has 0 aliphatic carbocycles. The van der Waals surface area contributed by atoms with E-state index in [4.69, 9.17) is 0 Å². The number of aromatic nitrogens is 4. The predicted molar refractivity (Wildman–Crippen MR) is 99.2 cm³/mol. The first-order valence-corrected chi connectivity index (χ1v) is 9.67. The molecule has 0 saturated heterocycles. The van der Waals surface area contributed by atoms with Gasteiger partial charge in [-0.25, -0.2) is 14.9 Å². The van der Waals surface area contributed by atoms with Crippen molar-refractivity contribution in [3.8, 4) is 0 Å². The minimum Gasteiger partial charge on any atom is -0.332 e. The van der Waals surface area contributed by atoms with Crippen LogP contribution in [0.5, 0.6) is 0 Å². The molecule has 2 N–H and O–H groups in total. The number of hydrogen-bond donors (Lipinski definition) is 2. The molecule has 0 fully saturated rings. The molecular formula is C16H19N5OS2. The maximum atomic E-state index is 11.8. The normalized spacial score (nSPS) is 10.9. The monoisotopic (exact) mass is 361 g/mol. The minimum absolute atomic E-state index is 0.143. The summed E-state index contributed by atoms with van der Waals surface area (Å²) in [5.41, 5.74) is 1.85. The summed E-state index contributed by atoms with van der Waals surface area (Å²) in [5.74, 6) is 0.684. The third-order valence-corrected chi connectivity index (χ3v) is 5.20. The van der Waals surface area contributed by atoms with Gasteiger partial charge in [-0.3, -0.25) is 4.57 Å². The number of para-hydroxylation sites is 1. The molecule has 0 aliphatic rings. The fraction of sp³-hybridized carbons (Fsp3) is 0.312. The van der Waals surface area contributed by atoms with E-state index in [1.165, 1.54) is 11.8 Å². The summed E-state index contributed by atoms with van der Waals surface area (Å²) in [5, 5.41) is 13.5. The maximum Gasteiger partial charge on any atom is 0.343 e. The zero-order valence-electron chi connectivity index (χ0n) is 13.4. The van der Waals surface area contributed by atoms with E-state index in [0.717, 1.165) is 34.5 Å². The molecule has 2 heterocycles. The summed E-state index contributed by atoms with van der Waals surface area (Å²) in [7, 11) is 0. The van der Waals surface area contributed by atoms with Gasteiger partial charge in [0.15, 0.2) is 10.3 Å². The van der Waals surface area contributed by atoms with Gasteiger partial charge in [0.1, 0.15) is 0 Å². The largest absolute Gasteiger partial charge is 0.343 e. The standard InChI is InChI=1S/C16H19N5OS2/c1-2-3-9-21-15(22)19-20-16(21)24-11-13-10-23-14(18-13)17-12-7-5-4-6-8-12/h4-8,10H,2-3,9,11H2,1H3,(H,17,18)(H,19,22). The Morgan fingerprint density at radius 3 is 2.96 bits per heavy atom. The Hall–Kier alpha value is -2.06. The van der Waals surface area contributed by atoms with E-state index in [1.807, 2.05) is 35.7 Å².